The zero-order valence-electron chi connectivity index (χ0n) is 18.1. The number of fused-ring (bicyclic) bond motifs is 2. The molecule has 1 N–H and O–H groups in total. The van der Waals surface area contributed by atoms with E-state index in [1.807, 2.05) is 25.2 Å². The Balaban J connectivity index is 1.31. The number of amides is 1. The van der Waals surface area contributed by atoms with E-state index in [0.29, 0.717) is 36.7 Å². The second-order valence-electron chi connectivity index (χ2n) is 8.58. The van der Waals surface area contributed by atoms with E-state index in [9.17, 15) is 4.79 Å². The molecule has 164 valence electrons. The van der Waals surface area contributed by atoms with Gasteiger partial charge in [0, 0.05) is 24.6 Å². The van der Waals surface area contributed by atoms with Crippen LogP contribution in [0, 0.1) is 11.3 Å². The van der Waals surface area contributed by atoms with E-state index in [1.54, 1.807) is 18.2 Å². The van der Waals surface area contributed by atoms with Crippen molar-refractivity contribution in [1.82, 2.24) is 14.9 Å². The van der Waals surface area contributed by atoms with Gasteiger partial charge in [-0.05, 0) is 55.2 Å². The number of hydrogen-bond acceptors (Lipinski definition) is 5. The lowest BCUT2D eigenvalue weighted by molar-refractivity contribution is 0.0923. The molecule has 0 spiro atoms. The van der Waals surface area contributed by atoms with Crippen LogP contribution in [0.5, 0.6) is 11.5 Å². The first kappa shape index (κ1) is 20.4. The van der Waals surface area contributed by atoms with Crippen molar-refractivity contribution < 1.29 is 14.3 Å². The summed E-state index contributed by atoms with van der Waals surface area (Å²) in [5, 5.41) is 12.2. The summed E-state index contributed by atoms with van der Waals surface area (Å²) in [7, 11) is 2.05. The van der Waals surface area contributed by atoms with E-state index in [-0.39, 0.29) is 17.9 Å². The van der Waals surface area contributed by atoms with Gasteiger partial charge in [0.1, 0.15) is 19.0 Å². The van der Waals surface area contributed by atoms with Gasteiger partial charge in [0.05, 0.1) is 23.5 Å². The summed E-state index contributed by atoms with van der Waals surface area (Å²) in [6, 6.07) is 13.7. The van der Waals surface area contributed by atoms with Crippen molar-refractivity contribution >= 4 is 16.9 Å². The molecule has 1 fully saturated rings. The predicted octanol–water partition coefficient (Wildman–Crippen LogP) is 3.87. The minimum absolute atomic E-state index is 0.0845. The number of nitrogens with zero attached hydrogens (tertiary/aromatic N) is 3. The normalized spacial score (nSPS) is 20.0. The summed E-state index contributed by atoms with van der Waals surface area (Å²) in [6.07, 6.45) is 4.30. The van der Waals surface area contributed by atoms with Crippen LogP contribution in [0.1, 0.15) is 53.3 Å². The minimum atomic E-state index is -0.0845. The van der Waals surface area contributed by atoms with Crippen LogP contribution >= 0.6 is 0 Å². The Morgan fingerprint density at radius 3 is 2.88 bits per heavy atom. The van der Waals surface area contributed by atoms with Crippen LogP contribution in [-0.4, -0.2) is 34.7 Å². The molecule has 0 bridgehead atoms. The average molecular weight is 431 g/mol. The molecule has 0 radical (unpaired) electrons. The first-order valence-corrected chi connectivity index (χ1v) is 11.1. The molecule has 3 aromatic rings. The van der Waals surface area contributed by atoms with Gasteiger partial charge in [-0.3, -0.25) is 4.79 Å². The van der Waals surface area contributed by atoms with Crippen LogP contribution < -0.4 is 14.8 Å². The molecule has 1 aliphatic carbocycles. The zero-order valence-corrected chi connectivity index (χ0v) is 18.1. The lowest BCUT2D eigenvalue weighted by Gasteiger charge is -2.29. The third-order valence-electron chi connectivity index (χ3n) is 6.44. The summed E-state index contributed by atoms with van der Waals surface area (Å²) in [5.41, 5.74) is 3.57. The Labute approximate surface area is 187 Å². The van der Waals surface area contributed by atoms with E-state index in [4.69, 9.17) is 19.7 Å². The van der Waals surface area contributed by atoms with Gasteiger partial charge in [0.15, 0.2) is 11.5 Å². The van der Waals surface area contributed by atoms with E-state index in [2.05, 4.69) is 16.0 Å². The smallest absolute Gasteiger partial charge is 0.251 e. The summed E-state index contributed by atoms with van der Waals surface area (Å²) < 4.78 is 13.3. The Bertz CT molecular complexity index is 1210. The monoisotopic (exact) mass is 430 g/mol. The van der Waals surface area contributed by atoms with Gasteiger partial charge in [-0.15, -0.1) is 0 Å². The Morgan fingerprint density at radius 1 is 1.19 bits per heavy atom. The van der Waals surface area contributed by atoms with Gasteiger partial charge in [0.25, 0.3) is 5.91 Å². The van der Waals surface area contributed by atoms with Crippen molar-refractivity contribution in [3.63, 3.8) is 0 Å². The van der Waals surface area contributed by atoms with E-state index in [1.165, 1.54) is 0 Å². The molecule has 1 aromatic heterocycles. The highest BCUT2D eigenvalue weighted by Crippen LogP contribution is 2.35. The van der Waals surface area contributed by atoms with Crippen molar-refractivity contribution in [3.8, 4) is 17.6 Å². The van der Waals surface area contributed by atoms with Crippen molar-refractivity contribution in [2.75, 3.05) is 13.2 Å². The number of carbonyl (C=O) groups is 1. The van der Waals surface area contributed by atoms with Crippen molar-refractivity contribution in [3.05, 3.63) is 53.3 Å². The number of benzene rings is 2. The number of aromatic nitrogens is 2. The fourth-order valence-electron chi connectivity index (χ4n) is 4.84. The molecule has 1 saturated carbocycles. The van der Waals surface area contributed by atoms with Gasteiger partial charge in [0.2, 0.25) is 0 Å². The number of carbonyl (C=O) groups excluding carboxylic acids is 1. The molecule has 1 amide bonds. The summed E-state index contributed by atoms with van der Waals surface area (Å²) in [5.74, 6) is 2.56. The first-order chi connectivity index (χ1) is 15.6. The number of ether oxygens (including phenoxy) is 2. The molecule has 2 aliphatic rings. The molecular formula is C25H26N4O3. The number of aryl methyl sites for hydroxylation is 1. The van der Waals surface area contributed by atoms with E-state index < -0.39 is 0 Å². The molecule has 7 heteroatoms. The minimum Gasteiger partial charge on any atom is -0.486 e. The SMILES string of the molecule is Cn1c(C2CCCC(NC(=O)c3ccc4c(c3)OCCO4)C2)nc2cc(CC#N)ccc21. The summed E-state index contributed by atoms with van der Waals surface area (Å²) in [6.45, 7) is 1.03. The van der Waals surface area contributed by atoms with Crippen molar-refractivity contribution in [2.45, 2.75) is 44.1 Å². The second kappa shape index (κ2) is 8.54. The molecule has 2 aromatic carbocycles. The second-order valence-corrected chi connectivity index (χ2v) is 8.58. The summed E-state index contributed by atoms with van der Waals surface area (Å²) in [4.78, 5) is 17.8. The van der Waals surface area contributed by atoms with Gasteiger partial charge < -0.3 is 19.4 Å². The number of nitriles is 1. The van der Waals surface area contributed by atoms with Gasteiger partial charge >= 0.3 is 0 Å². The van der Waals surface area contributed by atoms with Crippen LogP contribution in [-0.2, 0) is 13.5 Å². The Morgan fingerprint density at radius 2 is 2.03 bits per heavy atom. The fourth-order valence-corrected chi connectivity index (χ4v) is 4.84. The molecular weight excluding hydrogens is 404 g/mol. The molecule has 1 aliphatic heterocycles. The molecule has 0 saturated heterocycles. The molecule has 5 rings (SSSR count). The van der Waals surface area contributed by atoms with Crippen LogP contribution in [0.3, 0.4) is 0 Å². The Kier molecular flexibility index (Phi) is 5.44. The average Bonchev–Trinajstić information content (AvgIpc) is 3.15. The largest absolute Gasteiger partial charge is 0.486 e. The highest BCUT2D eigenvalue weighted by molar-refractivity contribution is 5.95. The molecule has 2 atom stereocenters. The van der Waals surface area contributed by atoms with Crippen LogP contribution in [0.25, 0.3) is 11.0 Å². The van der Waals surface area contributed by atoms with E-state index >= 15 is 0 Å². The lowest BCUT2D eigenvalue weighted by Crippen LogP contribution is -2.38. The van der Waals surface area contributed by atoms with Gasteiger partial charge in [-0.1, -0.05) is 12.5 Å². The molecule has 32 heavy (non-hydrogen) atoms. The fraction of sp³-hybridized carbons (Fsp3) is 0.400. The quantitative estimate of drug-likeness (QED) is 0.679. The standard InChI is InChI=1S/C25H26N4O3/c1-29-21-7-5-16(9-10-26)13-20(21)28-24(29)17-3-2-4-19(14-17)27-25(30)18-6-8-22-23(15-18)32-12-11-31-22/h5-8,13,15,17,19H,2-4,9,11-12,14H2,1H3,(H,27,30). The first-order valence-electron chi connectivity index (χ1n) is 11.1. The van der Waals surface area contributed by atoms with Crippen LogP contribution in [0.15, 0.2) is 36.4 Å². The highest BCUT2D eigenvalue weighted by Gasteiger charge is 2.28. The van der Waals surface area contributed by atoms with Gasteiger partial charge in [-0.25, -0.2) is 4.98 Å². The maximum atomic E-state index is 12.9. The zero-order chi connectivity index (χ0) is 22.1. The third kappa shape index (κ3) is 3.89. The van der Waals surface area contributed by atoms with Crippen LogP contribution in [0.2, 0.25) is 0 Å². The molecule has 2 heterocycles. The number of imidazole rings is 1. The lowest BCUT2D eigenvalue weighted by atomic mass is 9.85. The molecule has 7 nitrogen and oxygen atoms in total. The number of nitrogens with one attached hydrogen (secondary N) is 1. The van der Waals surface area contributed by atoms with Crippen molar-refractivity contribution in [2.24, 2.45) is 7.05 Å². The van der Waals surface area contributed by atoms with Crippen LogP contribution in [0.4, 0.5) is 0 Å². The van der Waals surface area contributed by atoms with Crippen molar-refractivity contribution in [1.29, 1.82) is 5.26 Å². The van der Waals surface area contributed by atoms with E-state index in [0.717, 1.165) is 48.1 Å². The maximum Gasteiger partial charge on any atom is 0.251 e. The Hall–Kier alpha value is -3.53. The molecule has 2 unspecified atom stereocenters. The third-order valence-corrected chi connectivity index (χ3v) is 6.44. The highest BCUT2D eigenvalue weighted by atomic mass is 16.6. The predicted molar refractivity (Wildman–Crippen MR) is 120 cm³/mol. The number of rotatable bonds is 4. The number of hydrogen-bond donors (Lipinski definition) is 1. The maximum absolute atomic E-state index is 12.9. The summed E-state index contributed by atoms with van der Waals surface area (Å²) >= 11 is 0. The van der Waals surface area contributed by atoms with Gasteiger partial charge in [-0.2, -0.15) is 5.26 Å². The topological polar surface area (TPSA) is 89.2 Å².